The summed E-state index contributed by atoms with van der Waals surface area (Å²) in [5.41, 5.74) is 2.02. The topological polar surface area (TPSA) is 47.6 Å². The van der Waals surface area contributed by atoms with Gasteiger partial charge < -0.3 is 14.8 Å². The molecule has 128 valence electrons. The van der Waals surface area contributed by atoms with Crippen LogP contribution in [0.5, 0.6) is 11.5 Å². The van der Waals surface area contributed by atoms with Gasteiger partial charge in [-0.15, -0.1) is 0 Å². The minimum Gasteiger partial charge on any atom is -0.493 e. The first kappa shape index (κ1) is 18.9. The Morgan fingerprint density at radius 2 is 2.08 bits per heavy atom. The van der Waals surface area contributed by atoms with Gasteiger partial charge >= 0.3 is 0 Å². The van der Waals surface area contributed by atoms with Crippen LogP contribution in [0.25, 0.3) is 0 Å². The summed E-state index contributed by atoms with van der Waals surface area (Å²) in [5.74, 6) is 0.984. The Balaban J connectivity index is 2.29. The Bertz CT molecular complexity index is 749. The number of methoxy groups -OCH3 is 1. The van der Waals surface area contributed by atoms with Gasteiger partial charge in [-0.3, -0.25) is 4.79 Å². The van der Waals surface area contributed by atoms with Crippen molar-refractivity contribution in [3.05, 3.63) is 50.1 Å². The van der Waals surface area contributed by atoms with Crippen molar-refractivity contribution in [1.29, 1.82) is 0 Å². The number of carbonyl (C=O) groups excluding carboxylic acids is 1. The lowest BCUT2D eigenvalue weighted by atomic mass is 10.1. The molecule has 1 N–H and O–H groups in total. The van der Waals surface area contributed by atoms with E-state index in [1.807, 2.05) is 19.9 Å². The molecule has 0 aliphatic heterocycles. The van der Waals surface area contributed by atoms with E-state index in [9.17, 15) is 4.79 Å². The van der Waals surface area contributed by atoms with Gasteiger partial charge in [0.25, 0.3) is 5.91 Å². The number of benzene rings is 2. The normalized spacial score (nSPS) is 10.4. The molecule has 1 amide bonds. The third-order valence-corrected chi connectivity index (χ3v) is 4.67. The van der Waals surface area contributed by atoms with Gasteiger partial charge in [-0.2, -0.15) is 0 Å². The first-order valence-electron chi connectivity index (χ1n) is 7.54. The van der Waals surface area contributed by atoms with Crippen LogP contribution in [0.2, 0.25) is 5.02 Å². The van der Waals surface area contributed by atoms with Gasteiger partial charge in [0.1, 0.15) is 0 Å². The molecular formula is C18H19ClINO3. The van der Waals surface area contributed by atoms with Crippen LogP contribution in [-0.4, -0.2) is 19.6 Å². The van der Waals surface area contributed by atoms with E-state index in [1.54, 1.807) is 31.4 Å². The molecule has 0 aliphatic rings. The van der Waals surface area contributed by atoms with Crippen LogP contribution in [0, 0.1) is 10.5 Å². The Labute approximate surface area is 160 Å². The molecule has 0 spiro atoms. The Morgan fingerprint density at radius 1 is 1.33 bits per heavy atom. The quantitative estimate of drug-likeness (QED) is 0.596. The van der Waals surface area contributed by atoms with E-state index >= 15 is 0 Å². The second kappa shape index (κ2) is 8.58. The van der Waals surface area contributed by atoms with Crippen molar-refractivity contribution in [3.8, 4) is 11.5 Å². The lowest BCUT2D eigenvalue weighted by Gasteiger charge is -2.14. The fourth-order valence-electron chi connectivity index (χ4n) is 2.13. The molecule has 2 aromatic carbocycles. The molecule has 0 aliphatic carbocycles. The molecule has 0 heterocycles. The van der Waals surface area contributed by atoms with Crippen LogP contribution in [0.15, 0.2) is 30.3 Å². The molecule has 0 saturated heterocycles. The Kier molecular flexibility index (Phi) is 6.74. The molecule has 24 heavy (non-hydrogen) atoms. The van der Waals surface area contributed by atoms with E-state index in [0.29, 0.717) is 34.4 Å². The van der Waals surface area contributed by atoms with Crippen molar-refractivity contribution in [2.45, 2.75) is 20.3 Å². The van der Waals surface area contributed by atoms with E-state index in [0.717, 1.165) is 15.6 Å². The highest BCUT2D eigenvalue weighted by Gasteiger charge is 2.16. The third kappa shape index (κ3) is 4.33. The first-order valence-corrected chi connectivity index (χ1v) is 9.00. The minimum atomic E-state index is -0.223. The second-order valence-electron chi connectivity index (χ2n) is 5.20. The number of anilines is 1. The number of amides is 1. The van der Waals surface area contributed by atoms with Gasteiger partial charge in [0.15, 0.2) is 11.5 Å². The van der Waals surface area contributed by atoms with Crippen LogP contribution in [-0.2, 0) is 0 Å². The molecule has 0 atom stereocenters. The van der Waals surface area contributed by atoms with E-state index < -0.39 is 0 Å². The monoisotopic (exact) mass is 459 g/mol. The van der Waals surface area contributed by atoms with Crippen molar-refractivity contribution in [2.75, 3.05) is 19.0 Å². The maximum atomic E-state index is 12.6. The minimum absolute atomic E-state index is 0.223. The molecule has 0 bridgehead atoms. The van der Waals surface area contributed by atoms with Crippen molar-refractivity contribution in [2.24, 2.45) is 0 Å². The third-order valence-electron chi connectivity index (χ3n) is 3.46. The zero-order valence-corrected chi connectivity index (χ0v) is 16.7. The fourth-order valence-corrected chi connectivity index (χ4v) is 3.06. The van der Waals surface area contributed by atoms with E-state index in [-0.39, 0.29) is 5.91 Å². The van der Waals surface area contributed by atoms with Crippen molar-refractivity contribution in [1.82, 2.24) is 0 Å². The number of rotatable bonds is 6. The number of ether oxygens (including phenoxy) is 2. The smallest absolute Gasteiger partial charge is 0.255 e. The van der Waals surface area contributed by atoms with E-state index in [2.05, 4.69) is 27.9 Å². The molecule has 4 nitrogen and oxygen atoms in total. The Hall–Kier alpha value is -1.47. The highest BCUT2D eigenvalue weighted by atomic mass is 127. The molecule has 2 aromatic rings. The molecule has 6 heteroatoms. The van der Waals surface area contributed by atoms with Gasteiger partial charge in [-0.05, 0) is 65.8 Å². The number of carbonyl (C=O) groups is 1. The van der Waals surface area contributed by atoms with Crippen LogP contribution < -0.4 is 14.8 Å². The predicted octanol–water partition coefficient (Wildman–Crippen LogP) is 5.30. The molecule has 0 unspecified atom stereocenters. The largest absolute Gasteiger partial charge is 0.493 e. The van der Waals surface area contributed by atoms with Crippen molar-refractivity contribution >= 4 is 45.8 Å². The highest BCUT2D eigenvalue weighted by Crippen LogP contribution is 2.34. The molecule has 0 aromatic heterocycles. The summed E-state index contributed by atoms with van der Waals surface area (Å²) >= 11 is 8.24. The average molecular weight is 460 g/mol. The van der Waals surface area contributed by atoms with Gasteiger partial charge in [0, 0.05) is 16.3 Å². The van der Waals surface area contributed by atoms with E-state index in [4.69, 9.17) is 21.1 Å². The molecular weight excluding hydrogens is 441 g/mol. The van der Waals surface area contributed by atoms with Crippen LogP contribution >= 0.6 is 34.2 Å². The first-order chi connectivity index (χ1) is 11.5. The van der Waals surface area contributed by atoms with Crippen LogP contribution in [0.3, 0.4) is 0 Å². The fraction of sp³-hybridized carbons (Fsp3) is 0.278. The highest BCUT2D eigenvalue weighted by molar-refractivity contribution is 14.1. The Morgan fingerprint density at radius 3 is 2.75 bits per heavy atom. The summed E-state index contributed by atoms with van der Waals surface area (Å²) in [7, 11) is 1.56. The second-order valence-corrected chi connectivity index (χ2v) is 6.77. The van der Waals surface area contributed by atoms with E-state index in [1.165, 1.54) is 0 Å². The molecule has 0 fully saturated rings. The van der Waals surface area contributed by atoms with Gasteiger partial charge in [-0.1, -0.05) is 24.6 Å². The summed E-state index contributed by atoms with van der Waals surface area (Å²) in [6.07, 6.45) is 0.898. The standard InChI is InChI=1S/C18H19ClINO3/c1-4-8-24-17-14(20)9-12(10-16(17)23-3)18(22)21-15-7-5-6-13(19)11(15)2/h5-7,9-10H,4,8H2,1-3H3,(H,21,22). The van der Waals surface area contributed by atoms with Gasteiger partial charge in [-0.25, -0.2) is 0 Å². The van der Waals surface area contributed by atoms with Crippen molar-refractivity contribution in [3.63, 3.8) is 0 Å². The zero-order valence-electron chi connectivity index (χ0n) is 13.8. The SMILES string of the molecule is CCCOc1c(I)cc(C(=O)Nc2cccc(Cl)c2C)cc1OC. The van der Waals surface area contributed by atoms with Gasteiger partial charge in [0.05, 0.1) is 17.3 Å². The lowest BCUT2D eigenvalue weighted by Crippen LogP contribution is -2.14. The summed E-state index contributed by atoms with van der Waals surface area (Å²) in [6.45, 7) is 4.50. The molecule has 2 rings (SSSR count). The molecule has 0 radical (unpaired) electrons. The van der Waals surface area contributed by atoms with Crippen molar-refractivity contribution < 1.29 is 14.3 Å². The number of hydrogen-bond donors (Lipinski definition) is 1. The maximum Gasteiger partial charge on any atom is 0.255 e. The van der Waals surface area contributed by atoms with Crippen LogP contribution in [0.1, 0.15) is 29.3 Å². The summed E-state index contributed by atoms with van der Waals surface area (Å²) in [6, 6.07) is 8.88. The zero-order chi connectivity index (χ0) is 17.7. The van der Waals surface area contributed by atoms with Crippen LogP contribution in [0.4, 0.5) is 5.69 Å². The lowest BCUT2D eigenvalue weighted by molar-refractivity contribution is 0.102. The number of halogens is 2. The average Bonchev–Trinajstić information content (AvgIpc) is 2.57. The number of nitrogens with one attached hydrogen (secondary N) is 1. The predicted molar refractivity (Wildman–Crippen MR) is 106 cm³/mol. The summed E-state index contributed by atoms with van der Waals surface area (Å²) in [4.78, 5) is 12.6. The molecule has 0 saturated carbocycles. The van der Waals surface area contributed by atoms with Gasteiger partial charge in [0.2, 0.25) is 0 Å². The number of hydrogen-bond acceptors (Lipinski definition) is 3. The summed E-state index contributed by atoms with van der Waals surface area (Å²) in [5, 5.41) is 3.50. The summed E-state index contributed by atoms with van der Waals surface area (Å²) < 4.78 is 11.9. The maximum absolute atomic E-state index is 12.6.